The van der Waals surface area contributed by atoms with Gasteiger partial charge in [-0.15, -0.1) is 0 Å². The van der Waals surface area contributed by atoms with Crippen molar-refractivity contribution in [1.29, 1.82) is 0 Å². The Morgan fingerprint density at radius 1 is 1.17 bits per heavy atom. The maximum atomic E-state index is 8.73. The van der Waals surface area contributed by atoms with Gasteiger partial charge in [0.25, 0.3) is 0 Å². The normalized spacial score (nSPS) is 26.8. The first-order valence-electron chi connectivity index (χ1n) is 4.42. The number of nitrogens with zero attached hydrogens (tertiary/aromatic N) is 1. The highest BCUT2D eigenvalue weighted by molar-refractivity contribution is 5.86. The van der Waals surface area contributed by atoms with Gasteiger partial charge in [-0.2, -0.15) is 0 Å². The van der Waals surface area contributed by atoms with E-state index in [1.165, 1.54) is 0 Å². The molecule has 1 rings (SSSR count). The zero-order valence-electron chi connectivity index (χ0n) is 8.39. The molecule has 3 nitrogen and oxygen atoms in total. The number of piperidine rings is 1. The van der Waals surface area contributed by atoms with Gasteiger partial charge in [-0.25, -0.2) is 0 Å². The molecule has 0 aromatic heterocycles. The van der Waals surface area contributed by atoms with E-state index in [4.69, 9.17) is 5.21 Å². The molecule has 0 atom stereocenters. The molecule has 1 heterocycles. The Balaban J connectivity index is 2.80. The molecule has 0 radical (unpaired) electrons. The minimum atomic E-state index is 0.170. The largest absolute Gasteiger partial charge is 0.411 e. The molecule has 0 spiro atoms. The van der Waals surface area contributed by atoms with E-state index in [0.29, 0.717) is 0 Å². The van der Waals surface area contributed by atoms with Gasteiger partial charge in [-0.3, -0.25) is 0 Å². The number of hydrogen-bond donors (Lipinski definition) is 2. The van der Waals surface area contributed by atoms with Crippen molar-refractivity contribution >= 4 is 5.71 Å². The minimum absolute atomic E-state index is 0.170. The number of quaternary nitrogens is 1. The van der Waals surface area contributed by atoms with Crippen molar-refractivity contribution in [2.45, 2.75) is 51.6 Å². The van der Waals surface area contributed by atoms with Gasteiger partial charge in [0, 0.05) is 12.8 Å². The SMILES string of the molecule is CC1(C)CC(=NO)CC(C)(C)[NH2+]1. The van der Waals surface area contributed by atoms with E-state index in [0.717, 1.165) is 18.6 Å². The number of hydrogen-bond acceptors (Lipinski definition) is 2. The van der Waals surface area contributed by atoms with Crippen molar-refractivity contribution in [2.75, 3.05) is 0 Å². The smallest absolute Gasteiger partial charge is 0.0962 e. The molecule has 0 unspecified atom stereocenters. The predicted molar refractivity (Wildman–Crippen MR) is 48.5 cm³/mol. The third kappa shape index (κ3) is 2.21. The highest BCUT2D eigenvalue weighted by Gasteiger charge is 2.39. The molecule has 3 N–H and O–H groups in total. The first-order valence-corrected chi connectivity index (χ1v) is 4.42. The van der Waals surface area contributed by atoms with Crippen LogP contribution in [0.25, 0.3) is 0 Å². The van der Waals surface area contributed by atoms with Gasteiger partial charge in [0.2, 0.25) is 0 Å². The third-order valence-electron chi connectivity index (χ3n) is 2.24. The van der Waals surface area contributed by atoms with Gasteiger partial charge < -0.3 is 10.5 Å². The summed E-state index contributed by atoms with van der Waals surface area (Å²) in [5.74, 6) is 0. The molecular formula is C9H19N2O+. The maximum absolute atomic E-state index is 8.73. The summed E-state index contributed by atoms with van der Waals surface area (Å²) in [5, 5.41) is 14.4. The average molecular weight is 171 g/mol. The molecule has 1 aliphatic rings. The zero-order chi connectivity index (χ0) is 9.41. The molecule has 70 valence electrons. The lowest BCUT2D eigenvalue weighted by Crippen LogP contribution is -3.05. The first-order chi connectivity index (χ1) is 5.35. The molecule has 0 aromatic carbocycles. The second-order valence-corrected chi connectivity index (χ2v) is 5.14. The highest BCUT2D eigenvalue weighted by Crippen LogP contribution is 2.18. The molecule has 1 saturated heterocycles. The molecular weight excluding hydrogens is 152 g/mol. The molecule has 0 saturated carbocycles. The van der Waals surface area contributed by atoms with Crippen LogP contribution in [0.2, 0.25) is 0 Å². The predicted octanol–water partition coefficient (Wildman–Crippen LogP) is 0.731. The van der Waals surface area contributed by atoms with Crippen LogP contribution in [-0.4, -0.2) is 22.0 Å². The van der Waals surface area contributed by atoms with Crippen LogP contribution in [0.15, 0.2) is 5.16 Å². The zero-order valence-corrected chi connectivity index (χ0v) is 8.39. The Kier molecular flexibility index (Phi) is 2.17. The fraction of sp³-hybridized carbons (Fsp3) is 0.889. The molecule has 0 aliphatic carbocycles. The van der Waals surface area contributed by atoms with E-state index in [-0.39, 0.29) is 11.1 Å². The van der Waals surface area contributed by atoms with Crippen LogP contribution in [0.3, 0.4) is 0 Å². The molecule has 1 aliphatic heterocycles. The van der Waals surface area contributed by atoms with Crippen molar-refractivity contribution in [1.82, 2.24) is 0 Å². The van der Waals surface area contributed by atoms with Gasteiger partial charge >= 0.3 is 0 Å². The first kappa shape index (κ1) is 9.52. The number of oxime groups is 1. The summed E-state index contributed by atoms with van der Waals surface area (Å²) in [4.78, 5) is 0. The molecule has 1 fully saturated rings. The minimum Gasteiger partial charge on any atom is -0.411 e. The molecule has 12 heavy (non-hydrogen) atoms. The van der Waals surface area contributed by atoms with Gasteiger partial charge in [0.1, 0.15) is 0 Å². The van der Waals surface area contributed by atoms with Crippen LogP contribution >= 0.6 is 0 Å². The number of nitrogens with two attached hydrogens (primary N) is 1. The van der Waals surface area contributed by atoms with E-state index >= 15 is 0 Å². The van der Waals surface area contributed by atoms with Crippen molar-refractivity contribution in [2.24, 2.45) is 5.16 Å². The highest BCUT2D eigenvalue weighted by atomic mass is 16.4. The van der Waals surface area contributed by atoms with Crippen molar-refractivity contribution in [3.8, 4) is 0 Å². The summed E-state index contributed by atoms with van der Waals surface area (Å²) in [6.45, 7) is 8.72. The van der Waals surface area contributed by atoms with E-state index in [1.54, 1.807) is 0 Å². The average Bonchev–Trinajstić information content (AvgIpc) is 1.80. The van der Waals surface area contributed by atoms with Crippen molar-refractivity contribution in [3.05, 3.63) is 0 Å². The maximum Gasteiger partial charge on any atom is 0.0962 e. The summed E-state index contributed by atoms with van der Waals surface area (Å²) in [6.07, 6.45) is 1.76. The Morgan fingerprint density at radius 3 is 1.92 bits per heavy atom. The lowest BCUT2D eigenvalue weighted by molar-refractivity contribution is -0.780. The van der Waals surface area contributed by atoms with Crippen LogP contribution in [0.4, 0.5) is 0 Å². The third-order valence-corrected chi connectivity index (χ3v) is 2.24. The van der Waals surface area contributed by atoms with E-state index in [2.05, 4.69) is 38.2 Å². The molecule has 0 amide bonds. The van der Waals surface area contributed by atoms with E-state index < -0.39 is 0 Å². The molecule has 0 bridgehead atoms. The second kappa shape index (κ2) is 2.73. The second-order valence-electron chi connectivity index (χ2n) is 5.14. The standard InChI is InChI=1S/C9H18N2O/c1-8(2)5-7(10-12)6-9(3,4)11-8/h11-12H,5-6H2,1-4H3/p+1. The Labute approximate surface area is 73.8 Å². The number of rotatable bonds is 0. The Hall–Kier alpha value is -0.570. The quantitative estimate of drug-likeness (QED) is 0.410. The van der Waals surface area contributed by atoms with Crippen LogP contribution in [0.1, 0.15) is 40.5 Å². The summed E-state index contributed by atoms with van der Waals surface area (Å²) in [7, 11) is 0. The summed E-state index contributed by atoms with van der Waals surface area (Å²) in [5.41, 5.74) is 1.26. The topological polar surface area (TPSA) is 49.2 Å². The Bertz CT molecular complexity index is 189. The molecule has 3 heteroatoms. The summed E-state index contributed by atoms with van der Waals surface area (Å²) < 4.78 is 0. The van der Waals surface area contributed by atoms with Gasteiger partial charge in [-0.1, -0.05) is 5.16 Å². The lowest BCUT2D eigenvalue weighted by atomic mass is 9.81. The fourth-order valence-electron chi connectivity index (χ4n) is 2.34. The van der Waals surface area contributed by atoms with E-state index in [9.17, 15) is 0 Å². The summed E-state index contributed by atoms with van der Waals surface area (Å²) >= 11 is 0. The van der Waals surface area contributed by atoms with Gasteiger partial charge in [0.15, 0.2) is 0 Å². The van der Waals surface area contributed by atoms with Gasteiger partial charge in [0.05, 0.1) is 16.8 Å². The van der Waals surface area contributed by atoms with E-state index in [1.807, 2.05) is 0 Å². The van der Waals surface area contributed by atoms with Crippen LogP contribution in [0.5, 0.6) is 0 Å². The Morgan fingerprint density at radius 2 is 1.58 bits per heavy atom. The van der Waals surface area contributed by atoms with Crippen LogP contribution in [-0.2, 0) is 0 Å². The summed E-state index contributed by atoms with van der Waals surface area (Å²) in [6, 6.07) is 0. The lowest BCUT2D eigenvalue weighted by Gasteiger charge is -2.38. The van der Waals surface area contributed by atoms with Crippen molar-refractivity contribution in [3.63, 3.8) is 0 Å². The van der Waals surface area contributed by atoms with Crippen LogP contribution in [0, 0.1) is 0 Å². The van der Waals surface area contributed by atoms with Gasteiger partial charge in [-0.05, 0) is 27.7 Å². The monoisotopic (exact) mass is 171 g/mol. The van der Waals surface area contributed by atoms with Crippen LogP contribution < -0.4 is 5.32 Å². The van der Waals surface area contributed by atoms with Crippen molar-refractivity contribution < 1.29 is 10.5 Å². The molecule has 0 aromatic rings. The fourth-order valence-corrected chi connectivity index (χ4v) is 2.34.